The summed E-state index contributed by atoms with van der Waals surface area (Å²) in [5, 5.41) is 2.39. The number of quaternary nitrogens is 2. The van der Waals surface area contributed by atoms with Gasteiger partial charge in [0, 0.05) is 6.20 Å². The molecule has 0 spiro atoms. The molecule has 0 amide bonds. The number of pyridine rings is 1. The quantitative estimate of drug-likeness (QED) is 0.543. The summed E-state index contributed by atoms with van der Waals surface area (Å²) in [6.07, 6.45) is 1.88. The Morgan fingerprint density at radius 2 is 2.15 bits per heavy atom. The first-order valence-corrected chi connectivity index (χ1v) is 5.00. The molecule has 0 unspecified atom stereocenters. The molecule has 1 aliphatic heterocycles. The molecular weight excluding hydrogens is 162 g/mol. The molecule has 1 aliphatic rings. The zero-order chi connectivity index (χ0) is 8.93. The maximum absolute atomic E-state index is 4.34. The average molecular weight is 179 g/mol. The molecular formula is C10H17N3+2. The van der Waals surface area contributed by atoms with Crippen LogP contribution >= 0.6 is 0 Å². The zero-order valence-electron chi connectivity index (χ0n) is 7.87. The van der Waals surface area contributed by atoms with Crippen molar-refractivity contribution in [1.82, 2.24) is 4.98 Å². The van der Waals surface area contributed by atoms with Crippen LogP contribution in [0.3, 0.4) is 0 Å². The van der Waals surface area contributed by atoms with Crippen molar-refractivity contribution in [3.05, 3.63) is 30.1 Å². The molecule has 1 fully saturated rings. The third kappa shape index (κ3) is 2.50. The smallest absolute Gasteiger partial charge is 0.127 e. The minimum absolute atomic E-state index is 1.09. The van der Waals surface area contributed by atoms with Gasteiger partial charge in [-0.2, -0.15) is 0 Å². The van der Waals surface area contributed by atoms with E-state index in [1.54, 1.807) is 4.90 Å². The largest absolute Gasteiger partial charge is 0.337 e. The summed E-state index contributed by atoms with van der Waals surface area (Å²) < 4.78 is 0. The third-order valence-corrected chi connectivity index (χ3v) is 2.56. The molecule has 0 saturated carbocycles. The third-order valence-electron chi connectivity index (χ3n) is 2.56. The molecule has 1 aromatic heterocycles. The first kappa shape index (κ1) is 8.66. The Balaban J connectivity index is 1.90. The predicted molar refractivity (Wildman–Crippen MR) is 50.3 cm³/mol. The molecule has 0 radical (unpaired) electrons. The van der Waals surface area contributed by atoms with E-state index in [1.807, 2.05) is 12.3 Å². The lowest BCUT2D eigenvalue weighted by atomic mass is 10.3. The van der Waals surface area contributed by atoms with Crippen LogP contribution < -0.4 is 10.2 Å². The van der Waals surface area contributed by atoms with E-state index in [0.29, 0.717) is 0 Å². The Kier molecular flexibility index (Phi) is 2.90. The molecule has 1 saturated heterocycles. The summed E-state index contributed by atoms with van der Waals surface area (Å²) in [7, 11) is 0. The van der Waals surface area contributed by atoms with Crippen LogP contribution in [0.2, 0.25) is 0 Å². The maximum Gasteiger partial charge on any atom is 0.127 e. The number of nitrogens with zero attached hydrogens (tertiary/aromatic N) is 1. The molecule has 3 heteroatoms. The number of aromatic nitrogens is 1. The van der Waals surface area contributed by atoms with Crippen molar-refractivity contribution in [2.45, 2.75) is 6.54 Å². The Hall–Kier alpha value is -0.930. The predicted octanol–water partition coefficient (Wildman–Crippen LogP) is -1.96. The molecule has 70 valence electrons. The van der Waals surface area contributed by atoms with Crippen LogP contribution in [0.5, 0.6) is 0 Å². The summed E-state index contributed by atoms with van der Waals surface area (Å²) in [6, 6.07) is 6.16. The zero-order valence-corrected chi connectivity index (χ0v) is 7.87. The number of rotatable bonds is 2. The highest BCUT2D eigenvalue weighted by Crippen LogP contribution is 1.89. The molecule has 3 nitrogen and oxygen atoms in total. The van der Waals surface area contributed by atoms with E-state index in [9.17, 15) is 0 Å². The molecule has 13 heavy (non-hydrogen) atoms. The van der Waals surface area contributed by atoms with Crippen LogP contribution in [0.15, 0.2) is 24.4 Å². The minimum Gasteiger partial charge on any atom is -0.337 e. The van der Waals surface area contributed by atoms with E-state index in [0.717, 1.165) is 6.54 Å². The summed E-state index contributed by atoms with van der Waals surface area (Å²) in [5.41, 5.74) is 1.22. The fraction of sp³-hybridized carbons (Fsp3) is 0.500. The fourth-order valence-corrected chi connectivity index (χ4v) is 1.82. The van der Waals surface area contributed by atoms with E-state index in [1.165, 1.54) is 31.9 Å². The van der Waals surface area contributed by atoms with Crippen molar-refractivity contribution in [3.63, 3.8) is 0 Å². The van der Waals surface area contributed by atoms with Gasteiger partial charge < -0.3 is 10.2 Å². The van der Waals surface area contributed by atoms with Crippen molar-refractivity contribution < 1.29 is 10.2 Å². The molecule has 0 aromatic carbocycles. The summed E-state index contributed by atoms with van der Waals surface area (Å²) >= 11 is 0. The van der Waals surface area contributed by atoms with E-state index in [-0.39, 0.29) is 0 Å². The van der Waals surface area contributed by atoms with Crippen molar-refractivity contribution in [2.75, 3.05) is 26.2 Å². The Labute approximate surface area is 78.8 Å². The van der Waals surface area contributed by atoms with Gasteiger partial charge in [-0.1, -0.05) is 6.07 Å². The van der Waals surface area contributed by atoms with E-state index in [4.69, 9.17) is 0 Å². The normalized spacial score (nSPS) is 18.8. The van der Waals surface area contributed by atoms with Gasteiger partial charge in [-0.05, 0) is 12.1 Å². The van der Waals surface area contributed by atoms with Gasteiger partial charge in [0.1, 0.15) is 32.7 Å². The van der Waals surface area contributed by atoms with Gasteiger partial charge in [0.15, 0.2) is 0 Å². The van der Waals surface area contributed by atoms with Crippen molar-refractivity contribution >= 4 is 0 Å². The SMILES string of the molecule is c1ccc(C[NH+]2CC[NH2+]CC2)nc1. The van der Waals surface area contributed by atoms with Crippen LogP contribution in [-0.4, -0.2) is 31.2 Å². The number of nitrogens with two attached hydrogens (primary N) is 1. The molecule has 2 rings (SSSR count). The van der Waals surface area contributed by atoms with Gasteiger partial charge in [-0.25, -0.2) is 0 Å². The lowest BCUT2D eigenvalue weighted by Crippen LogP contribution is -3.19. The number of nitrogens with one attached hydrogen (secondary N) is 1. The molecule has 1 aromatic rings. The molecule has 2 heterocycles. The van der Waals surface area contributed by atoms with Crippen molar-refractivity contribution in [3.8, 4) is 0 Å². The topological polar surface area (TPSA) is 33.9 Å². The van der Waals surface area contributed by atoms with Crippen molar-refractivity contribution in [1.29, 1.82) is 0 Å². The van der Waals surface area contributed by atoms with Crippen LogP contribution in [0, 0.1) is 0 Å². The molecule has 3 N–H and O–H groups in total. The first-order valence-electron chi connectivity index (χ1n) is 5.00. The lowest BCUT2D eigenvalue weighted by Gasteiger charge is -2.21. The lowest BCUT2D eigenvalue weighted by molar-refractivity contribution is -0.958. The van der Waals surface area contributed by atoms with Gasteiger partial charge in [-0.15, -0.1) is 0 Å². The van der Waals surface area contributed by atoms with Gasteiger partial charge in [0.25, 0.3) is 0 Å². The summed E-state index contributed by atoms with van der Waals surface area (Å²) in [4.78, 5) is 6.01. The Bertz CT molecular complexity index is 242. The summed E-state index contributed by atoms with van der Waals surface area (Å²) in [5.74, 6) is 0. The second-order valence-electron chi connectivity index (χ2n) is 3.61. The van der Waals surface area contributed by atoms with Crippen LogP contribution in [-0.2, 0) is 6.54 Å². The second-order valence-corrected chi connectivity index (χ2v) is 3.61. The minimum atomic E-state index is 1.09. The van der Waals surface area contributed by atoms with Gasteiger partial charge in [-0.3, -0.25) is 4.98 Å². The number of hydrogen-bond donors (Lipinski definition) is 2. The number of piperazine rings is 1. The fourth-order valence-electron chi connectivity index (χ4n) is 1.82. The highest BCUT2D eigenvalue weighted by atomic mass is 15.2. The van der Waals surface area contributed by atoms with E-state index < -0.39 is 0 Å². The van der Waals surface area contributed by atoms with Crippen LogP contribution in [0.25, 0.3) is 0 Å². The van der Waals surface area contributed by atoms with E-state index >= 15 is 0 Å². The highest BCUT2D eigenvalue weighted by molar-refractivity contribution is 5.01. The van der Waals surface area contributed by atoms with Gasteiger partial charge in [0.2, 0.25) is 0 Å². The standard InChI is InChI=1S/C10H15N3/c1-2-4-12-10(3-1)9-13-7-5-11-6-8-13/h1-4,11H,5-9H2/p+2. The first-order chi connectivity index (χ1) is 6.45. The summed E-state index contributed by atoms with van der Waals surface area (Å²) in [6.45, 7) is 6.17. The molecule has 0 atom stereocenters. The highest BCUT2D eigenvalue weighted by Gasteiger charge is 2.15. The molecule has 0 bridgehead atoms. The van der Waals surface area contributed by atoms with Gasteiger partial charge in [0.05, 0.1) is 5.69 Å². The Morgan fingerprint density at radius 1 is 1.31 bits per heavy atom. The number of hydrogen-bond acceptors (Lipinski definition) is 1. The van der Waals surface area contributed by atoms with E-state index in [2.05, 4.69) is 22.4 Å². The Morgan fingerprint density at radius 3 is 2.85 bits per heavy atom. The van der Waals surface area contributed by atoms with Crippen molar-refractivity contribution in [2.24, 2.45) is 0 Å². The average Bonchev–Trinajstić information content (AvgIpc) is 2.21. The van der Waals surface area contributed by atoms with Gasteiger partial charge >= 0.3 is 0 Å². The second kappa shape index (κ2) is 4.35. The molecule has 0 aliphatic carbocycles. The maximum atomic E-state index is 4.34. The van der Waals surface area contributed by atoms with Crippen LogP contribution in [0.4, 0.5) is 0 Å². The van der Waals surface area contributed by atoms with Crippen LogP contribution in [0.1, 0.15) is 5.69 Å². The monoisotopic (exact) mass is 179 g/mol.